The van der Waals surface area contributed by atoms with E-state index in [2.05, 4.69) is 22.0 Å². The van der Waals surface area contributed by atoms with Crippen molar-refractivity contribution in [3.05, 3.63) is 33.8 Å². The summed E-state index contributed by atoms with van der Waals surface area (Å²) in [6, 6.07) is 0. The summed E-state index contributed by atoms with van der Waals surface area (Å²) in [6.07, 6.45) is 8.33. The molecule has 0 amide bonds. The second-order valence-electron chi connectivity index (χ2n) is 1.33. The molecule has 0 heterocycles. The molecule has 0 nitrogen and oxygen atoms in total. The molecule has 1 rings (SSSR count). The molecule has 1 aliphatic carbocycles. The van der Waals surface area contributed by atoms with Crippen LogP contribution >= 0.6 is 27.5 Å². The maximum Gasteiger partial charge on any atom is 0.200 e. The SMILES string of the molecule is ClC1=CC=C[C+]=C1Br. The van der Waals surface area contributed by atoms with Gasteiger partial charge in [-0.1, -0.05) is 0 Å². The molecule has 8 heavy (non-hydrogen) atoms. The van der Waals surface area contributed by atoms with E-state index in [0.717, 1.165) is 4.48 Å². The van der Waals surface area contributed by atoms with Crippen molar-refractivity contribution in [3.8, 4) is 0 Å². The number of hydrogen-bond donors (Lipinski definition) is 0. The van der Waals surface area contributed by atoms with E-state index in [-0.39, 0.29) is 0 Å². The fourth-order valence-electron chi connectivity index (χ4n) is 0.396. The van der Waals surface area contributed by atoms with Gasteiger partial charge >= 0.3 is 0 Å². The molecule has 0 aromatic carbocycles. The highest BCUT2D eigenvalue weighted by atomic mass is 79.9. The highest BCUT2D eigenvalue weighted by Crippen LogP contribution is 2.22. The van der Waals surface area contributed by atoms with E-state index < -0.39 is 0 Å². The maximum atomic E-state index is 5.63. The van der Waals surface area contributed by atoms with Crippen molar-refractivity contribution in [2.75, 3.05) is 0 Å². The van der Waals surface area contributed by atoms with E-state index in [4.69, 9.17) is 11.6 Å². The lowest BCUT2D eigenvalue weighted by Gasteiger charge is -1.83. The van der Waals surface area contributed by atoms with Gasteiger partial charge in [0.15, 0.2) is 9.51 Å². The van der Waals surface area contributed by atoms with Crippen LogP contribution in [-0.4, -0.2) is 0 Å². The Morgan fingerprint density at radius 3 is 2.75 bits per heavy atom. The second-order valence-corrected chi connectivity index (χ2v) is 2.53. The molecule has 0 bridgehead atoms. The molecule has 0 atom stereocenters. The molecule has 0 spiro atoms. The Morgan fingerprint density at radius 2 is 2.38 bits per heavy atom. The van der Waals surface area contributed by atoms with Crippen LogP contribution in [0.25, 0.3) is 0 Å². The maximum absolute atomic E-state index is 5.63. The van der Waals surface area contributed by atoms with Crippen LogP contribution in [-0.2, 0) is 0 Å². The molecular weight excluding hydrogens is 187 g/mol. The van der Waals surface area contributed by atoms with Gasteiger partial charge in [0.1, 0.15) is 6.08 Å². The number of allylic oxidation sites excluding steroid dienone is 6. The van der Waals surface area contributed by atoms with Crippen LogP contribution in [0.5, 0.6) is 0 Å². The summed E-state index contributed by atoms with van der Waals surface area (Å²) < 4.78 is 0.821. The Balaban J connectivity index is 2.93. The molecule has 0 N–H and O–H groups in total. The molecule has 0 radical (unpaired) electrons. The van der Waals surface area contributed by atoms with Crippen molar-refractivity contribution < 1.29 is 0 Å². The average Bonchev–Trinajstić information content (AvgIpc) is 1.77. The Hall–Kier alpha value is -0.100. The predicted molar refractivity (Wildman–Crippen MR) is 38.8 cm³/mol. The molecule has 0 saturated carbocycles. The number of halogens is 2. The molecule has 0 aromatic heterocycles. The minimum atomic E-state index is 0.701. The Morgan fingerprint density at radius 1 is 1.62 bits per heavy atom. The molecule has 0 saturated heterocycles. The normalized spacial score (nSPS) is 16.8. The molecule has 40 valence electrons. The van der Waals surface area contributed by atoms with Crippen LogP contribution in [0.3, 0.4) is 0 Å². The summed E-state index contributed by atoms with van der Waals surface area (Å²) in [7, 11) is 0. The van der Waals surface area contributed by atoms with Crippen molar-refractivity contribution >= 4 is 27.5 Å². The van der Waals surface area contributed by atoms with Gasteiger partial charge in [-0.2, -0.15) is 0 Å². The zero-order chi connectivity index (χ0) is 5.98. The van der Waals surface area contributed by atoms with Gasteiger partial charge in [-0.3, -0.25) is 0 Å². The van der Waals surface area contributed by atoms with Crippen LogP contribution < -0.4 is 0 Å². The lowest BCUT2D eigenvalue weighted by atomic mass is 10.3. The molecular formula is C6H3BrCl+. The van der Waals surface area contributed by atoms with E-state index >= 15 is 0 Å². The predicted octanol–water partition coefficient (Wildman–Crippen LogP) is 2.76. The first-order valence-electron chi connectivity index (χ1n) is 2.12. The van der Waals surface area contributed by atoms with Gasteiger partial charge in [-0.05, 0) is 15.9 Å². The van der Waals surface area contributed by atoms with Crippen LogP contribution in [0, 0.1) is 6.08 Å². The largest absolute Gasteiger partial charge is 0.200 e. The Kier molecular flexibility index (Phi) is 1.85. The Bertz CT molecular complexity index is 157. The molecule has 0 aliphatic heterocycles. The van der Waals surface area contributed by atoms with E-state index in [1.54, 1.807) is 6.08 Å². The minimum absolute atomic E-state index is 0.701. The summed E-state index contributed by atoms with van der Waals surface area (Å²) in [4.78, 5) is 0. The monoisotopic (exact) mass is 189 g/mol. The lowest BCUT2D eigenvalue weighted by molar-refractivity contribution is 1.69. The average molecular weight is 190 g/mol. The molecule has 0 aromatic rings. The van der Waals surface area contributed by atoms with E-state index in [0.29, 0.717) is 5.03 Å². The Labute approximate surface area is 61.7 Å². The van der Waals surface area contributed by atoms with Crippen LogP contribution in [0.2, 0.25) is 0 Å². The zero-order valence-corrected chi connectivity index (χ0v) is 6.33. The summed E-state index contributed by atoms with van der Waals surface area (Å²) >= 11 is 8.84. The van der Waals surface area contributed by atoms with Gasteiger partial charge in [0.05, 0.1) is 12.2 Å². The van der Waals surface area contributed by atoms with Gasteiger partial charge in [0.2, 0.25) is 0 Å². The van der Waals surface area contributed by atoms with Gasteiger partial charge in [-0.25, -0.2) is 0 Å². The van der Waals surface area contributed by atoms with Gasteiger partial charge in [0.25, 0.3) is 0 Å². The minimum Gasteiger partial charge on any atom is -0.00595 e. The number of hydrogen-bond acceptors (Lipinski definition) is 0. The lowest BCUT2D eigenvalue weighted by Crippen LogP contribution is -1.74. The van der Waals surface area contributed by atoms with Gasteiger partial charge < -0.3 is 0 Å². The highest BCUT2D eigenvalue weighted by molar-refractivity contribution is 9.12. The van der Waals surface area contributed by atoms with Crippen molar-refractivity contribution in [3.63, 3.8) is 0 Å². The molecule has 0 unspecified atom stereocenters. The second kappa shape index (κ2) is 2.45. The van der Waals surface area contributed by atoms with Crippen molar-refractivity contribution in [1.29, 1.82) is 0 Å². The smallest absolute Gasteiger partial charge is 0.00595 e. The third-order valence-corrected chi connectivity index (χ3v) is 1.96. The van der Waals surface area contributed by atoms with Crippen molar-refractivity contribution in [2.45, 2.75) is 0 Å². The topological polar surface area (TPSA) is 0 Å². The molecule has 0 fully saturated rings. The summed E-state index contributed by atoms with van der Waals surface area (Å²) in [5.41, 5.74) is 0. The fraction of sp³-hybridized carbons (Fsp3) is 0. The van der Waals surface area contributed by atoms with E-state index in [1.165, 1.54) is 0 Å². The van der Waals surface area contributed by atoms with Crippen LogP contribution in [0.4, 0.5) is 0 Å². The standard InChI is InChI=1S/C6H3BrCl/c7-5-3-1-2-4-6(5)8/h1-2,4H/q+1. The molecule has 2 heteroatoms. The summed E-state index contributed by atoms with van der Waals surface area (Å²) in [6.45, 7) is 0. The first-order valence-corrected chi connectivity index (χ1v) is 3.29. The van der Waals surface area contributed by atoms with Gasteiger partial charge in [0, 0.05) is 17.7 Å². The number of rotatable bonds is 0. The van der Waals surface area contributed by atoms with Crippen LogP contribution in [0.1, 0.15) is 0 Å². The fourth-order valence-corrected chi connectivity index (χ4v) is 0.788. The van der Waals surface area contributed by atoms with E-state index in [9.17, 15) is 0 Å². The van der Waals surface area contributed by atoms with E-state index in [1.807, 2.05) is 12.2 Å². The quantitative estimate of drug-likeness (QED) is 0.515. The first-order chi connectivity index (χ1) is 3.80. The van der Waals surface area contributed by atoms with Crippen LogP contribution in [0.15, 0.2) is 27.7 Å². The summed E-state index contributed by atoms with van der Waals surface area (Å²) in [5, 5.41) is 0.701. The third kappa shape index (κ3) is 1.19. The highest BCUT2D eigenvalue weighted by Gasteiger charge is 2.08. The van der Waals surface area contributed by atoms with Crippen molar-refractivity contribution in [1.82, 2.24) is 0 Å². The zero-order valence-electron chi connectivity index (χ0n) is 3.99. The third-order valence-electron chi connectivity index (χ3n) is 0.759. The molecule has 1 aliphatic rings. The van der Waals surface area contributed by atoms with Crippen molar-refractivity contribution in [2.24, 2.45) is 0 Å². The first kappa shape index (κ1) is 6.03. The summed E-state index contributed by atoms with van der Waals surface area (Å²) in [5.74, 6) is 0. The van der Waals surface area contributed by atoms with Gasteiger partial charge in [-0.15, -0.1) is 0 Å².